The van der Waals surface area contributed by atoms with Crippen LogP contribution in [0.15, 0.2) is 54.6 Å². The summed E-state index contributed by atoms with van der Waals surface area (Å²) in [5.74, 6) is 0.432. The smallest absolute Gasteiger partial charge is 0.297 e. The maximum Gasteiger partial charge on any atom is 0.297 e. The third-order valence-electron chi connectivity index (χ3n) is 4.92. The first kappa shape index (κ1) is 17.8. The first-order chi connectivity index (χ1) is 13.2. The number of nitrogens with one attached hydrogen (secondary N) is 1. The van der Waals surface area contributed by atoms with Crippen LogP contribution in [0.4, 0.5) is 14.6 Å². The zero-order valence-corrected chi connectivity index (χ0v) is 14.8. The van der Waals surface area contributed by atoms with E-state index in [2.05, 4.69) is 15.3 Å². The number of halogens is 2. The molecule has 1 fully saturated rings. The van der Waals surface area contributed by atoms with Crippen LogP contribution in [0.1, 0.15) is 36.7 Å². The van der Waals surface area contributed by atoms with E-state index in [-0.39, 0.29) is 6.04 Å². The lowest BCUT2D eigenvalue weighted by Gasteiger charge is -2.23. The SMILES string of the molecule is FC(F)c1nc(NC(CC2CCOC2)c2ccccc2)c2ccccc2n1. The number of aromatic nitrogens is 2. The topological polar surface area (TPSA) is 47.0 Å². The lowest BCUT2D eigenvalue weighted by molar-refractivity contribution is 0.141. The molecule has 0 aliphatic carbocycles. The van der Waals surface area contributed by atoms with E-state index in [1.54, 1.807) is 12.1 Å². The van der Waals surface area contributed by atoms with Crippen LogP contribution in [0.25, 0.3) is 10.9 Å². The van der Waals surface area contributed by atoms with E-state index in [0.717, 1.165) is 37.0 Å². The highest BCUT2D eigenvalue weighted by Gasteiger charge is 2.24. The largest absolute Gasteiger partial charge is 0.381 e. The molecule has 6 heteroatoms. The molecule has 2 heterocycles. The van der Waals surface area contributed by atoms with Crippen LogP contribution < -0.4 is 5.32 Å². The van der Waals surface area contributed by atoms with Crippen LogP contribution in [-0.4, -0.2) is 23.2 Å². The fourth-order valence-electron chi connectivity index (χ4n) is 3.53. The van der Waals surface area contributed by atoms with Crippen LogP contribution in [-0.2, 0) is 4.74 Å². The van der Waals surface area contributed by atoms with Crippen molar-refractivity contribution >= 4 is 16.7 Å². The van der Waals surface area contributed by atoms with Crippen LogP contribution in [0.2, 0.25) is 0 Å². The highest BCUT2D eigenvalue weighted by atomic mass is 19.3. The summed E-state index contributed by atoms with van der Waals surface area (Å²) in [7, 11) is 0. The Kier molecular flexibility index (Phi) is 5.25. The van der Waals surface area contributed by atoms with Crippen molar-refractivity contribution in [1.82, 2.24) is 9.97 Å². The maximum absolute atomic E-state index is 13.3. The van der Waals surface area contributed by atoms with Gasteiger partial charge in [0.25, 0.3) is 6.43 Å². The Morgan fingerprint density at radius 2 is 1.81 bits per heavy atom. The number of nitrogens with zero attached hydrogens (tertiary/aromatic N) is 2. The summed E-state index contributed by atoms with van der Waals surface area (Å²) in [5, 5.41) is 4.16. The Morgan fingerprint density at radius 3 is 2.56 bits per heavy atom. The monoisotopic (exact) mass is 369 g/mol. The van der Waals surface area contributed by atoms with Crippen LogP contribution in [0.5, 0.6) is 0 Å². The standard InChI is InChI=1S/C21H21F2N3O/c22-19(23)21-24-17-9-5-4-8-16(17)20(26-21)25-18(12-14-10-11-27-13-14)15-6-2-1-3-7-15/h1-9,14,18-19H,10-13H2,(H,24,25,26). The zero-order chi connectivity index (χ0) is 18.6. The molecule has 1 aromatic heterocycles. The van der Waals surface area contributed by atoms with Crippen LogP contribution >= 0.6 is 0 Å². The quantitative estimate of drug-likeness (QED) is 0.653. The molecule has 4 rings (SSSR count). The predicted molar refractivity (Wildman–Crippen MR) is 101 cm³/mol. The van der Waals surface area contributed by atoms with Gasteiger partial charge in [0.15, 0.2) is 5.82 Å². The molecule has 3 aromatic rings. The van der Waals surface area contributed by atoms with E-state index in [4.69, 9.17) is 4.74 Å². The summed E-state index contributed by atoms with van der Waals surface area (Å²) >= 11 is 0. The van der Waals surface area contributed by atoms with Gasteiger partial charge in [-0.15, -0.1) is 0 Å². The molecule has 0 radical (unpaired) electrons. The van der Waals surface area contributed by atoms with Gasteiger partial charge in [0.2, 0.25) is 0 Å². The number of anilines is 1. The van der Waals surface area contributed by atoms with Gasteiger partial charge in [-0.05, 0) is 36.5 Å². The summed E-state index contributed by atoms with van der Waals surface area (Å²) in [6.45, 7) is 1.51. The summed E-state index contributed by atoms with van der Waals surface area (Å²) in [6, 6.07) is 17.2. The number of hydrogen-bond acceptors (Lipinski definition) is 4. The predicted octanol–water partition coefficient (Wildman–Crippen LogP) is 5.15. The zero-order valence-electron chi connectivity index (χ0n) is 14.8. The van der Waals surface area contributed by atoms with Gasteiger partial charge < -0.3 is 10.1 Å². The highest BCUT2D eigenvalue weighted by molar-refractivity contribution is 5.89. The van der Waals surface area contributed by atoms with Gasteiger partial charge in [-0.2, -0.15) is 0 Å². The Hall–Kier alpha value is -2.60. The minimum atomic E-state index is -2.71. The average Bonchev–Trinajstić information content (AvgIpc) is 3.21. The molecule has 140 valence electrons. The molecule has 1 aliphatic heterocycles. The fourth-order valence-corrected chi connectivity index (χ4v) is 3.53. The van der Waals surface area contributed by atoms with Gasteiger partial charge in [0.1, 0.15) is 5.82 Å². The normalized spacial score (nSPS) is 18.1. The lowest BCUT2D eigenvalue weighted by Crippen LogP contribution is -2.17. The first-order valence-corrected chi connectivity index (χ1v) is 9.15. The van der Waals surface area contributed by atoms with Crippen molar-refractivity contribution < 1.29 is 13.5 Å². The van der Waals surface area contributed by atoms with E-state index < -0.39 is 12.2 Å². The summed E-state index contributed by atoms with van der Waals surface area (Å²) in [6.07, 6.45) is -0.849. The summed E-state index contributed by atoms with van der Waals surface area (Å²) < 4.78 is 32.1. The van der Waals surface area contributed by atoms with E-state index in [1.807, 2.05) is 42.5 Å². The third-order valence-corrected chi connectivity index (χ3v) is 4.92. The summed E-state index contributed by atoms with van der Waals surface area (Å²) in [5.41, 5.74) is 1.62. The highest BCUT2D eigenvalue weighted by Crippen LogP contribution is 2.32. The lowest BCUT2D eigenvalue weighted by atomic mass is 9.94. The molecule has 2 atom stereocenters. The minimum absolute atomic E-state index is 0.0401. The number of benzene rings is 2. The maximum atomic E-state index is 13.3. The van der Waals surface area contributed by atoms with Gasteiger partial charge in [0.05, 0.1) is 11.6 Å². The van der Waals surface area contributed by atoms with Gasteiger partial charge in [0, 0.05) is 18.6 Å². The molecule has 1 saturated heterocycles. The number of ether oxygens (including phenoxy) is 1. The Balaban J connectivity index is 1.71. The van der Waals surface area contributed by atoms with Crippen molar-refractivity contribution in [3.63, 3.8) is 0 Å². The molecule has 27 heavy (non-hydrogen) atoms. The second-order valence-corrected chi connectivity index (χ2v) is 6.82. The second-order valence-electron chi connectivity index (χ2n) is 6.82. The molecule has 2 aromatic carbocycles. The summed E-state index contributed by atoms with van der Waals surface area (Å²) in [4.78, 5) is 8.13. The van der Waals surface area contributed by atoms with Crippen LogP contribution in [0.3, 0.4) is 0 Å². The first-order valence-electron chi connectivity index (χ1n) is 9.15. The average molecular weight is 369 g/mol. The van der Waals surface area contributed by atoms with Crippen LogP contribution in [0, 0.1) is 5.92 Å². The van der Waals surface area contributed by atoms with Crippen molar-refractivity contribution in [3.05, 3.63) is 66.0 Å². The van der Waals surface area contributed by atoms with Gasteiger partial charge >= 0.3 is 0 Å². The number of para-hydroxylation sites is 1. The van der Waals surface area contributed by atoms with Gasteiger partial charge in [-0.1, -0.05) is 42.5 Å². The minimum Gasteiger partial charge on any atom is -0.381 e. The number of hydrogen-bond donors (Lipinski definition) is 1. The molecule has 0 spiro atoms. The molecule has 1 N–H and O–H groups in total. The molecular weight excluding hydrogens is 348 g/mol. The molecule has 0 amide bonds. The van der Waals surface area contributed by atoms with E-state index >= 15 is 0 Å². The van der Waals surface area contributed by atoms with Crippen molar-refractivity contribution in [3.8, 4) is 0 Å². The van der Waals surface area contributed by atoms with Crippen molar-refractivity contribution in [1.29, 1.82) is 0 Å². The van der Waals surface area contributed by atoms with E-state index in [0.29, 0.717) is 17.3 Å². The number of rotatable bonds is 6. The Bertz CT molecular complexity index is 898. The second kappa shape index (κ2) is 7.96. The molecule has 2 unspecified atom stereocenters. The molecular formula is C21H21F2N3O. The Morgan fingerprint density at radius 1 is 1.04 bits per heavy atom. The number of alkyl halides is 2. The van der Waals surface area contributed by atoms with Gasteiger partial charge in [-0.3, -0.25) is 0 Å². The van der Waals surface area contributed by atoms with Crippen molar-refractivity contribution in [2.75, 3.05) is 18.5 Å². The molecule has 0 saturated carbocycles. The molecule has 1 aliphatic rings. The van der Waals surface area contributed by atoms with Crippen molar-refractivity contribution in [2.24, 2.45) is 5.92 Å². The van der Waals surface area contributed by atoms with E-state index in [1.165, 1.54) is 0 Å². The molecule has 0 bridgehead atoms. The van der Waals surface area contributed by atoms with E-state index in [9.17, 15) is 8.78 Å². The number of fused-ring (bicyclic) bond motifs is 1. The molecule has 4 nitrogen and oxygen atoms in total. The third kappa shape index (κ3) is 4.06. The Labute approximate surface area is 156 Å². The van der Waals surface area contributed by atoms with Crippen molar-refractivity contribution in [2.45, 2.75) is 25.3 Å². The van der Waals surface area contributed by atoms with Gasteiger partial charge in [-0.25, -0.2) is 18.7 Å². The fraction of sp³-hybridized carbons (Fsp3) is 0.333.